The molecule has 0 saturated carbocycles. The van der Waals surface area contributed by atoms with Crippen molar-refractivity contribution in [1.29, 1.82) is 0 Å². The monoisotopic (exact) mass is 125 g/mol. The molecule has 1 aromatic carbocycles. The molecule has 1 heteroatoms. The number of hydrogen-bond donors (Lipinski definition) is 0. The van der Waals surface area contributed by atoms with Gasteiger partial charge in [0, 0.05) is 35.1 Å². The van der Waals surface area contributed by atoms with Gasteiger partial charge in [-0.15, -0.1) is 6.42 Å². The Kier molecular flexibility index (Phi) is 4.53. The Morgan fingerprint density at radius 2 is 1.67 bits per heavy atom. The van der Waals surface area contributed by atoms with Gasteiger partial charge in [-0.1, -0.05) is 24.1 Å². The Morgan fingerprint density at radius 1 is 1.11 bits per heavy atom. The van der Waals surface area contributed by atoms with Crippen molar-refractivity contribution in [2.24, 2.45) is 0 Å². The van der Waals surface area contributed by atoms with Crippen LogP contribution in [0, 0.1) is 12.3 Å². The van der Waals surface area contributed by atoms with Gasteiger partial charge in [-0.05, 0) is 12.1 Å². The maximum absolute atomic E-state index is 5.10. The minimum Gasteiger partial charge on any atom is -0.115 e. The van der Waals surface area contributed by atoms with Crippen LogP contribution in [0.15, 0.2) is 30.3 Å². The smallest absolute Gasteiger partial charge is 0.0242 e. The summed E-state index contributed by atoms with van der Waals surface area (Å²) in [5.74, 6) is 2.53. The molecule has 0 spiro atoms. The van der Waals surface area contributed by atoms with Gasteiger partial charge < -0.3 is 0 Å². The molecule has 1 radical (unpaired) electrons. The van der Waals surface area contributed by atoms with Crippen molar-refractivity contribution in [2.45, 2.75) is 0 Å². The van der Waals surface area contributed by atoms with E-state index in [1.807, 2.05) is 30.3 Å². The van der Waals surface area contributed by atoms with Crippen molar-refractivity contribution in [1.82, 2.24) is 0 Å². The van der Waals surface area contributed by atoms with Crippen LogP contribution in [0.2, 0.25) is 0 Å². The number of benzene rings is 1. The molecule has 0 nitrogen and oxygen atoms in total. The van der Waals surface area contributed by atoms with E-state index in [1.165, 1.54) is 0 Å². The number of terminal acetylenes is 1. The molecule has 0 aliphatic heterocycles. The van der Waals surface area contributed by atoms with E-state index in [0.29, 0.717) is 0 Å². The van der Waals surface area contributed by atoms with E-state index in [4.69, 9.17) is 6.42 Å². The Labute approximate surface area is 77.6 Å². The van der Waals surface area contributed by atoms with Crippen LogP contribution in [-0.4, -0.2) is 29.6 Å². The minimum atomic E-state index is 0. The molecule has 0 saturated heterocycles. The van der Waals surface area contributed by atoms with Crippen molar-refractivity contribution in [3.8, 4) is 12.3 Å². The molecule has 0 atom stereocenters. The summed E-state index contributed by atoms with van der Waals surface area (Å²) in [7, 11) is 0. The number of hydrogen-bond acceptors (Lipinski definition) is 0. The zero-order chi connectivity index (χ0) is 5.82. The summed E-state index contributed by atoms with van der Waals surface area (Å²) in [6.07, 6.45) is 5.10. The van der Waals surface area contributed by atoms with Crippen LogP contribution in [0.4, 0.5) is 0 Å². The topological polar surface area (TPSA) is 0 Å². The average Bonchev–Trinajstić information content (AvgIpc) is 1.90. The van der Waals surface area contributed by atoms with E-state index in [0.717, 1.165) is 5.56 Å². The zero-order valence-electron chi connectivity index (χ0n) is 5.46. The quantitative estimate of drug-likeness (QED) is 0.362. The van der Waals surface area contributed by atoms with E-state index in [-0.39, 0.29) is 29.6 Å². The number of rotatable bonds is 0. The van der Waals surface area contributed by atoms with Gasteiger partial charge in [-0.25, -0.2) is 0 Å². The molecule has 0 bridgehead atoms. The summed E-state index contributed by atoms with van der Waals surface area (Å²) in [6, 6.07) is 9.60. The second-order valence-corrected chi connectivity index (χ2v) is 1.51. The average molecular weight is 125 g/mol. The summed E-state index contributed by atoms with van der Waals surface area (Å²) < 4.78 is 0. The van der Waals surface area contributed by atoms with Crippen molar-refractivity contribution < 1.29 is 0 Å². The predicted molar refractivity (Wildman–Crippen MR) is 40.1 cm³/mol. The predicted octanol–water partition coefficient (Wildman–Crippen LogP) is 1.29. The maximum Gasteiger partial charge on any atom is 0.0242 e. The standard InChI is InChI=1S/C8H6.Na/c1-2-8-6-4-3-5-7-8;/h1,3-7H;. The Morgan fingerprint density at radius 3 is 2.00 bits per heavy atom. The molecule has 0 fully saturated rings. The molecular formula is C8H6Na. The van der Waals surface area contributed by atoms with Crippen molar-refractivity contribution in [3.05, 3.63) is 35.9 Å². The normalized spacial score (nSPS) is 7.00. The van der Waals surface area contributed by atoms with E-state index < -0.39 is 0 Å². The van der Waals surface area contributed by atoms with E-state index in [9.17, 15) is 0 Å². The van der Waals surface area contributed by atoms with Gasteiger partial charge in [0.25, 0.3) is 0 Å². The molecule has 0 N–H and O–H groups in total. The summed E-state index contributed by atoms with van der Waals surface area (Å²) in [5, 5.41) is 0. The first-order chi connectivity index (χ1) is 3.93. The van der Waals surface area contributed by atoms with Crippen LogP contribution in [-0.2, 0) is 0 Å². The largest absolute Gasteiger partial charge is 0.115 e. The van der Waals surface area contributed by atoms with Crippen LogP contribution in [0.3, 0.4) is 0 Å². The summed E-state index contributed by atoms with van der Waals surface area (Å²) >= 11 is 0. The molecule has 39 valence electrons. The van der Waals surface area contributed by atoms with E-state index in [1.54, 1.807) is 0 Å². The first kappa shape index (κ1) is 8.78. The first-order valence-corrected chi connectivity index (χ1v) is 2.45. The second-order valence-electron chi connectivity index (χ2n) is 1.51. The Hall–Kier alpha value is -0.220. The van der Waals surface area contributed by atoms with Gasteiger partial charge in [-0.2, -0.15) is 0 Å². The fourth-order valence-electron chi connectivity index (χ4n) is 0.534. The first-order valence-electron chi connectivity index (χ1n) is 2.45. The van der Waals surface area contributed by atoms with Gasteiger partial charge in [0.05, 0.1) is 0 Å². The third-order valence-electron chi connectivity index (χ3n) is 0.940. The van der Waals surface area contributed by atoms with Crippen LogP contribution in [0.25, 0.3) is 0 Å². The fraction of sp³-hybridized carbons (Fsp3) is 0. The molecule has 0 aliphatic carbocycles. The zero-order valence-corrected chi connectivity index (χ0v) is 7.46. The van der Waals surface area contributed by atoms with Crippen LogP contribution in [0.5, 0.6) is 0 Å². The van der Waals surface area contributed by atoms with Gasteiger partial charge in [0.2, 0.25) is 0 Å². The molecule has 0 aliphatic rings. The van der Waals surface area contributed by atoms with Crippen LogP contribution in [0.1, 0.15) is 5.56 Å². The maximum atomic E-state index is 5.10. The van der Waals surface area contributed by atoms with E-state index in [2.05, 4.69) is 5.92 Å². The van der Waals surface area contributed by atoms with Crippen LogP contribution < -0.4 is 0 Å². The van der Waals surface area contributed by atoms with Crippen molar-refractivity contribution in [2.75, 3.05) is 0 Å². The van der Waals surface area contributed by atoms with E-state index >= 15 is 0 Å². The molecule has 9 heavy (non-hydrogen) atoms. The molecule has 0 heterocycles. The SMILES string of the molecule is C#Cc1ccccc1.[Na]. The van der Waals surface area contributed by atoms with Crippen molar-refractivity contribution in [3.63, 3.8) is 0 Å². The Balaban J connectivity index is 0.000000640. The molecule has 1 aromatic rings. The molecule has 1 rings (SSSR count). The van der Waals surface area contributed by atoms with Gasteiger partial charge in [0.1, 0.15) is 0 Å². The summed E-state index contributed by atoms with van der Waals surface area (Å²) in [5.41, 5.74) is 0.938. The van der Waals surface area contributed by atoms with Gasteiger partial charge in [0.15, 0.2) is 0 Å². The Bertz CT molecular complexity index is 196. The molecular weight excluding hydrogens is 119 g/mol. The minimum absolute atomic E-state index is 0. The molecule has 0 amide bonds. The van der Waals surface area contributed by atoms with Crippen molar-refractivity contribution >= 4 is 29.6 Å². The van der Waals surface area contributed by atoms with Crippen LogP contribution >= 0.6 is 0 Å². The summed E-state index contributed by atoms with van der Waals surface area (Å²) in [6.45, 7) is 0. The third-order valence-corrected chi connectivity index (χ3v) is 0.940. The molecule has 0 unspecified atom stereocenters. The third kappa shape index (κ3) is 2.72. The molecule has 0 aromatic heterocycles. The summed E-state index contributed by atoms with van der Waals surface area (Å²) in [4.78, 5) is 0. The second kappa shape index (κ2) is 4.64. The van der Waals surface area contributed by atoms with Gasteiger partial charge >= 0.3 is 0 Å². The fourth-order valence-corrected chi connectivity index (χ4v) is 0.534. The van der Waals surface area contributed by atoms with Gasteiger partial charge in [-0.3, -0.25) is 0 Å².